The zero-order valence-electron chi connectivity index (χ0n) is 13.6. The maximum atomic E-state index is 12.7. The maximum Gasteiger partial charge on any atom is 0.313 e. The van der Waals surface area contributed by atoms with Gasteiger partial charge in [-0.25, -0.2) is 0 Å². The fourth-order valence-corrected chi connectivity index (χ4v) is 3.90. The van der Waals surface area contributed by atoms with Gasteiger partial charge in [-0.1, -0.05) is 42.0 Å². The molecule has 21 heavy (non-hydrogen) atoms. The van der Waals surface area contributed by atoms with Gasteiger partial charge in [-0.15, -0.1) is 0 Å². The van der Waals surface area contributed by atoms with Crippen molar-refractivity contribution in [2.45, 2.75) is 46.5 Å². The third-order valence-corrected chi connectivity index (χ3v) is 4.95. The molecule has 0 aliphatic heterocycles. The summed E-state index contributed by atoms with van der Waals surface area (Å²) in [4.78, 5) is 12.7. The lowest BCUT2D eigenvalue weighted by atomic mass is 9.69. The van der Waals surface area contributed by atoms with Crippen LogP contribution in [0.25, 0.3) is 0 Å². The molecule has 0 radical (unpaired) electrons. The van der Waals surface area contributed by atoms with E-state index < -0.39 is 5.41 Å². The Morgan fingerprint density at radius 3 is 2.71 bits per heavy atom. The summed E-state index contributed by atoms with van der Waals surface area (Å²) < 4.78 is 5.41. The van der Waals surface area contributed by atoms with Crippen molar-refractivity contribution < 1.29 is 9.53 Å². The summed E-state index contributed by atoms with van der Waals surface area (Å²) in [5, 5.41) is 0. The van der Waals surface area contributed by atoms with Crippen molar-refractivity contribution in [1.29, 1.82) is 0 Å². The lowest BCUT2D eigenvalue weighted by Gasteiger charge is -2.35. The highest BCUT2D eigenvalue weighted by atomic mass is 16.5. The molecule has 114 valence electrons. The van der Waals surface area contributed by atoms with Crippen LogP contribution in [-0.2, 0) is 9.53 Å². The monoisotopic (exact) mass is 286 g/mol. The van der Waals surface area contributed by atoms with Crippen molar-refractivity contribution >= 4 is 5.97 Å². The molecule has 1 aromatic rings. The van der Waals surface area contributed by atoms with Crippen LogP contribution in [0.5, 0.6) is 0 Å². The number of benzene rings is 1. The molecule has 0 saturated heterocycles. The van der Waals surface area contributed by atoms with Crippen LogP contribution in [0.2, 0.25) is 0 Å². The molecule has 2 nitrogen and oxygen atoms in total. The molecule has 0 N–H and O–H groups in total. The molecule has 0 unspecified atom stereocenters. The van der Waals surface area contributed by atoms with E-state index in [-0.39, 0.29) is 17.8 Å². The molecule has 1 aliphatic rings. The first kappa shape index (κ1) is 15.8. The largest absolute Gasteiger partial charge is 0.466 e. The first-order chi connectivity index (χ1) is 9.91. The van der Waals surface area contributed by atoms with Crippen LogP contribution in [0.3, 0.4) is 0 Å². The van der Waals surface area contributed by atoms with Crippen molar-refractivity contribution in [2.75, 3.05) is 6.61 Å². The predicted molar refractivity (Wildman–Crippen MR) is 86.2 cm³/mol. The number of carbonyl (C=O) groups excluding carboxylic acids is 1. The quantitative estimate of drug-likeness (QED) is 0.595. The van der Waals surface area contributed by atoms with Crippen LogP contribution in [0.1, 0.15) is 50.7 Å². The van der Waals surface area contributed by atoms with E-state index in [0.717, 1.165) is 18.4 Å². The predicted octanol–water partition coefficient (Wildman–Crippen LogP) is 4.63. The van der Waals surface area contributed by atoms with Crippen molar-refractivity contribution in [3.63, 3.8) is 0 Å². The van der Waals surface area contributed by atoms with Crippen LogP contribution in [-0.4, -0.2) is 12.6 Å². The fourth-order valence-electron chi connectivity index (χ4n) is 3.90. The molecular weight excluding hydrogens is 260 g/mol. The van der Waals surface area contributed by atoms with Crippen LogP contribution < -0.4 is 0 Å². The summed E-state index contributed by atoms with van der Waals surface area (Å²) in [5.74, 6) is 0.321. The second-order valence-electron chi connectivity index (χ2n) is 6.45. The van der Waals surface area contributed by atoms with E-state index in [1.807, 2.05) is 13.8 Å². The Labute approximate surface area is 128 Å². The van der Waals surface area contributed by atoms with E-state index in [2.05, 4.69) is 44.7 Å². The topological polar surface area (TPSA) is 26.3 Å². The summed E-state index contributed by atoms with van der Waals surface area (Å²) in [6, 6.07) is 8.50. The van der Waals surface area contributed by atoms with Gasteiger partial charge < -0.3 is 4.74 Å². The summed E-state index contributed by atoms with van der Waals surface area (Å²) in [6.45, 7) is 12.6. The summed E-state index contributed by atoms with van der Waals surface area (Å²) >= 11 is 0. The second kappa shape index (κ2) is 6.05. The van der Waals surface area contributed by atoms with Gasteiger partial charge in [0, 0.05) is 5.92 Å². The van der Waals surface area contributed by atoms with E-state index >= 15 is 0 Å². The molecule has 0 amide bonds. The van der Waals surface area contributed by atoms with Crippen LogP contribution in [0, 0.1) is 18.3 Å². The van der Waals surface area contributed by atoms with Crippen molar-refractivity contribution in [3.05, 3.63) is 47.5 Å². The highest BCUT2D eigenvalue weighted by molar-refractivity contribution is 5.79. The lowest BCUT2D eigenvalue weighted by molar-refractivity contribution is -0.157. The highest BCUT2D eigenvalue weighted by Gasteiger charge is 2.53. The van der Waals surface area contributed by atoms with E-state index in [4.69, 9.17) is 4.74 Å². The number of carbonyl (C=O) groups is 1. The number of aryl methyl sites for hydroxylation is 1. The third-order valence-electron chi connectivity index (χ3n) is 4.95. The van der Waals surface area contributed by atoms with E-state index in [1.54, 1.807) is 0 Å². The number of hydrogen-bond donors (Lipinski definition) is 0. The number of ether oxygens (including phenoxy) is 1. The molecule has 0 spiro atoms. The number of allylic oxidation sites excluding steroid dienone is 1. The fraction of sp³-hybridized carbons (Fsp3) is 0.526. The van der Waals surface area contributed by atoms with Crippen LogP contribution in [0.15, 0.2) is 36.4 Å². The lowest BCUT2D eigenvalue weighted by Crippen LogP contribution is -2.38. The third kappa shape index (κ3) is 2.76. The average molecular weight is 286 g/mol. The molecule has 3 atom stereocenters. The minimum Gasteiger partial charge on any atom is -0.466 e. The van der Waals surface area contributed by atoms with Gasteiger partial charge in [0.2, 0.25) is 0 Å². The Hall–Kier alpha value is -1.57. The molecule has 2 heteroatoms. The second-order valence-corrected chi connectivity index (χ2v) is 6.45. The first-order valence-corrected chi connectivity index (χ1v) is 7.80. The van der Waals surface area contributed by atoms with Gasteiger partial charge in [0.15, 0.2) is 0 Å². The van der Waals surface area contributed by atoms with Crippen LogP contribution >= 0.6 is 0 Å². The number of hydrogen-bond acceptors (Lipinski definition) is 2. The molecule has 1 fully saturated rings. The Bertz CT molecular complexity index is 546. The SMILES string of the molecule is C=C(C)[C@@H]1CC[C@H](c2cccc(C)c2)[C@@]1(C)C(=O)OCC. The first-order valence-electron chi connectivity index (χ1n) is 7.80. The maximum absolute atomic E-state index is 12.7. The summed E-state index contributed by atoms with van der Waals surface area (Å²) in [6.07, 6.45) is 2.01. The van der Waals surface area contributed by atoms with Gasteiger partial charge in [-0.2, -0.15) is 0 Å². The normalized spacial score (nSPS) is 28.4. The van der Waals surface area contributed by atoms with Gasteiger partial charge in [-0.05, 0) is 52.0 Å². The van der Waals surface area contributed by atoms with E-state index in [0.29, 0.717) is 6.61 Å². The summed E-state index contributed by atoms with van der Waals surface area (Å²) in [5.41, 5.74) is 3.06. The number of esters is 1. The van der Waals surface area contributed by atoms with Crippen molar-refractivity contribution in [1.82, 2.24) is 0 Å². The standard InChI is InChI=1S/C19H26O2/c1-6-21-18(20)19(5)16(13(2)3)10-11-17(19)15-9-7-8-14(4)12-15/h7-9,12,16-17H,2,6,10-11H2,1,3-5H3/t16-,17+,19-/m0/s1. The molecule has 0 bridgehead atoms. The van der Waals surface area contributed by atoms with Gasteiger partial charge in [0.25, 0.3) is 0 Å². The molecule has 0 aromatic heterocycles. The molecule has 0 heterocycles. The Balaban J connectivity index is 2.45. The molecule has 1 aromatic carbocycles. The Morgan fingerprint density at radius 2 is 2.14 bits per heavy atom. The average Bonchev–Trinajstić information content (AvgIpc) is 2.78. The summed E-state index contributed by atoms with van der Waals surface area (Å²) in [7, 11) is 0. The molecular formula is C19H26O2. The van der Waals surface area contributed by atoms with E-state index in [9.17, 15) is 4.79 Å². The number of rotatable bonds is 4. The molecule has 1 aliphatic carbocycles. The smallest absolute Gasteiger partial charge is 0.313 e. The minimum atomic E-state index is -0.504. The van der Waals surface area contributed by atoms with Gasteiger partial charge in [0.1, 0.15) is 0 Å². The zero-order chi connectivity index (χ0) is 15.6. The van der Waals surface area contributed by atoms with E-state index in [1.165, 1.54) is 11.1 Å². The molecule has 2 rings (SSSR count). The van der Waals surface area contributed by atoms with Crippen molar-refractivity contribution in [2.24, 2.45) is 11.3 Å². The Morgan fingerprint density at radius 1 is 1.43 bits per heavy atom. The van der Waals surface area contributed by atoms with Crippen molar-refractivity contribution in [3.8, 4) is 0 Å². The van der Waals surface area contributed by atoms with Gasteiger partial charge in [-0.3, -0.25) is 4.79 Å². The zero-order valence-corrected chi connectivity index (χ0v) is 13.6. The highest BCUT2D eigenvalue weighted by Crippen LogP contribution is 2.55. The molecule has 1 saturated carbocycles. The van der Waals surface area contributed by atoms with Gasteiger partial charge in [0.05, 0.1) is 12.0 Å². The van der Waals surface area contributed by atoms with Gasteiger partial charge >= 0.3 is 5.97 Å². The minimum absolute atomic E-state index is 0.0815. The van der Waals surface area contributed by atoms with Crippen LogP contribution in [0.4, 0.5) is 0 Å². The Kier molecular flexibility index (Phi) is 4.55.